The van der Waals surface area contributed by atoms with E-state index < -0.39 is 29.1 Å². The molecule has 0 heterocycles. The van der Waals surface area contributed by atoms with Crippen molar-refractivity contribution in [3.05, 3.63) is 12.7 Å². The van der Waals surface area contributed by atoms with Crippen molar-refractivity contribution in [2.24, 2.45) is 11.3 Å². The first-order valence-electron chi connectivity index (χ1n) is 5.50. The van der Waals surface area contributed by atoms with E-state index in [2.05, 4.69) is 6.58 Å². The molecule has 96 valence electrons. The summed E-state index contributed by atoms with van der Waals surface area (Å²) in [6, 6.07) is 0. The topological polar surface area (TPSA) is 91.7 Å². The maximum Gasteiger partial charge on any atom is 0.373 e. The number of hydrogen-bond acceptors (Lipinski definition) is 3. The summed E-state index contributed by atoms with van der Waals surface area (Å²) in [5, 5.41) is 18.1. The number of carbonyl (C=O) groups excluding carboxylic acids is 1. The summed E-state index contributed by atoms with van der Waals surface area (Å²) in [5.41, 5.74) is -1.89. The van der Waals surface area contributed by atoms with Crippen LogP contribution in [0, 0.1) is 11.3 Å². The molecule has 5 nitrogen and oxygen atoms in total. The third-order valence-corrected chi connectivity index (χ3v) is 3.13. The molecular weight excluding hydrogens is 224 g/mol. The summed E-state index contributed by atoms with van der Waals surface area (Å²) < 4.78 is 0. The molecule has 0 saturated heterocycles. The number of Topliss-reactive ketones (excluding diaryl/α,β-unsaturated/α-hetero) is 1. The van der Waals surface area contributed by atoms with Crippen molar-refractivity contribution in [1.29, 1.82) is 0 Å². The average Bonchev–Trinajstić information content (AvgIpc) is 2.27. The summed E-state index contributed by atoms with van der Waals surface area (Å²) in [6.45, 7) is 6.89. The highest BCUT2D eigenvalue weighted by atomic mass is 16.4. The minimum atomic E-state index is -1.89. The van der Waals surface area contributed by atoms with Crippen molar-refractivity contribution in [3.8, 4) is 0 Å². The molecule has 0 aromatic heterocycles. The van der Waals surface area contributed by atoms with Crippen LogP contribution in [0.3, 0.4) is 0 Å². The highest BCUT2D eigenvalue weighted by molar-refractivity contribution is 6.39. The Morgan fingerprint density at radius 2 is 1.71 bits per heavy atom. The smallest absolute Gasteiger partial charge is 0.373 e. The Morgan fingerprint density at radius 3 is 1.94 bits per heavy atom. The molecule has 0 rings (SSSR count). The fourth-order valence-electron chi connectivity index (χ4n) is 2.21. The molecule has 0 aromatic rings. The van der Waals surface area contributed by atoms with Crippen LogP contribution >= 0.6 is 0 Å². The van der Waals surface area contributed by atoms with Gasteiger partial charge >= 0.3 is 11.9 Å². The second kappa shape index (κ2) is 6.18. The molecule has 0 fully saturated rings. The molecule has 0 aliphatic carbocycles. The number of carbonyl (C=O) groups is 3. The first-order valence-corrected chi connectivity index (χ1v) is 5.50. The Balaban J connectivity index is 5.73. The van der Waals surface area contributed by atoms with Crippen molar-refractivity contribution in [2.75, 3.05) is 0 Å². The molecule has 5 heteroatoms. The summed E-state index contributed by atoms with van der Waals surface area (Å²) in [7, 11) is 0. The van der Waals surface area contributed by atoms with E-state index >= 15 is 0 Å². The van der Waals surface area contributed by atoms with Crippen LogP contribution in [-0.2, 0) is 14.4 Å². The summed E-state index contributed by atoms with van der Waals surface area (Å²) >= 11 is 0. The van der Waals surface area contributed by atoms with Gasteiger partial charge in [-0.15, -0.1) is 6.58 Å². The Hall–Kier alpha value is -1.65. The molecule has 17 heavy (non-hydrogen) atoms. The van der Waals surface area contributed by atoms with Crippen molar-refractivity contribution in [2.45, 2.75) is 33.1 Å². The van der Waals surface area contributed by atoms with Crippen molar-refractivity contribution < 1.29 is 24.6 Å². The normalized spacial score (nSPS) is 14.1. The van der Waals surface area contributed by atoms with E-state index in [-0.39, 0.29) is 6.42 Å². The molecule has 0 bridgehead atoms. The lowest BCUT2D eigenvalue weighted by Gasteiger charge is -2.32. The zero-order valence-corrected chi connectivity index (χ0v) is 10.1. The van der Waals surface area contributed by atoms with Crippen LogP contribution in [0.1, 0.15) is 33.1 Å². The minimum Gasteiger partial charge on any atom is -0.480 e. The predicted molar refractivity (Wildman–Crippen MR) is 61.6 cm³/mol. The van der Waals surface area contributed by atoms with E-state index in [9.17, 15) is 19.5 Å². The Kier molecular flexibility index (Phi) is 5.58. The third-order valence-electron chi connectivity index (χ3n) is 3.13. The maximum atomic E-state index is 11.7. The molecule has 0 aromatic carbocycles. The van der Waals surface area contributed by atoms with Gasteiger partial charge < -0.3 is 10.2 Å². The van der Waals surface area contributed by atoms with Crippen molar-refractivity contribution in [3.63, 3.8) is 0 Å². The van der Waals surface area contributed by atoms with Crippen molar-refractivity contribution in [1.82, 2.24) is 0 Å². The zero-order valence-electron chi connectivity index (χ0n) is 10.1. The van der Waals surface area contributed by atoms with Gasteiger partial charge in [-0.25, -0.2) is 4.79 Å². The van der Waals surface area contributed by atoms with E-state index in [1.165, 1.54) is 6.08 Å². The van der Waals surface area contributed by atoms with Crippen LogP contribution in [-0.4, -0.2) is 27.9 Å². The molecule has 0 aliphatic rings. The largest absolute Gasteiger partial charge is 0.480 e. The van der Waals surface area contributed by atoms with Crippen LogP contribution in [0.25, 0.3) is 0 Å². The summed E-state index contributed by atoms with van der Waals surface area (Å²) in [6.07, 6.45) is 1.97. The standard InChI is InChI=1S/C12H18O5/c1-4-7-12(11(16)17,8(5-2)6-3)9(13)10(14)15/h4,8H,1,5-7H2,2-3H3,(H,14,15)(H,16,17). The van der Waals surface area contributed by atoms with E-state index in [4.69, 9.17) is 5.11 Å². The van der Waals surface area contributed by atoms with Gasteiger partial charge in [-0.2, -0.15) is 0 Å². The molecular formula is C12H18O5. The van der Waals surface area contributed by atoms with Gasteiger partial charge in [-0.1, -0.05) is 32.8 Å². The van der Waals surface area contributed by atoms with Gasteiger partial charge in [0.15, 0.2) is 0 Å². The molecule has 1 atom stereocenters. The van der Waals surface area contributed by atoms with Gasteiger partial charge in [-0.05, 0) is 12.3 Å². The molecule has 2 N–H and O–H groups in total. The number of rotatable bonds is 8. The molecule has 0 amide bonds. The number of carboxylic acid groups (broad SMARTS) is 2. The second-order valence-corrected chi connectivity index (χ2v) is 3.92. The number of aliphatic carboxylic acids is 2. The van der Waals surface area contributed by atoms with Crippen LogP contribution < -0.4 is 0 Å². The monoisotopic (exact) mass is 242 g/mol. The van der Waals surface area contributed by atoms with Gasteiger partial charge in [0.1, 0.15) is 5.41 Å². The number of ketones is 1. The summed E-state index contributed by atoms with van der Waals surface area (Å²) in [5.74, 6) is -4.88. The number of hydrogen-bond donors (Lipinski definition) is 2. The fourth-order valence-corrected chi connectivity index (χ4v) is 2.21. The lowest BCUT2D eigenvalue weighted by molar-refractivity contribution is -0.167. The minimum absolute atomic E-state index is 0.167. The number of allylic oxidation sites excluding steroid dienone is 1. The van der Waals surface area contributed by atoms with E-state index in [1.807, 2.05) is 0 Å². The first kappa shape index (κ1) is 15.3. The highest BCUT2D eigenvalue weighted by Crippen LogP contribution is 2.38. The summed E-state index contributed by atoms with van der Waals surface area (Å²) in [4.78, 5) is 33.9. The molecule has 0 radical (unpaired) electrons. The molecule has 0 aliphatic heterocycles. The highest BCUT2D eigenvalue weighted by Gasteiger charge is 2.52. The molecule has 0 spiro atoms. The van der Waals surface area contributed by atoms with Crippen LogP contribution in [0.2, 0.25) is 0 Å². The Morgan fingerprint density at radius 1 is 1.24 bits per heavy atom. The SMILES string of the molecule is C=CCC(C(=O)O)(C(=O)C(=O)O)C(CC)CC. The fraction of sp³-hybridized carbons (Fsp3) is 0.583. The zero-order chi connectivity index (χ0) is 13.6. The molecule has 1 unspecified atom stereocenters. The molecule has 0 saturated carbocycles. The second-order valence-electron chi connectivity index (χ2n) is 3.92. The van der Waals surface area contributed by atoms with Gasteiger partial charge in [0, 0.05) is 0 Å². The van der Waals surface area contributed by atoms with Crippen LogP contribution in [0.15, 0.2) is 12.7 Å². The van der Waals surface area contributed by atoms with E-state index in [0.29, 0.717) is 12.8 Å². The average molecular weight is 242 g/mol. The Labute approximate surface area is 100 Å². The van der Waals surface area contributed by atoms with Gasteiger partial charge in [0.05, 0.1) is 0 Å². The van der Waals surface area contributed by atoms with Crippen LogP contribution in [0.5, 0.6) is 0 Å². The lowest BCUT2D eigenvalue weighted by atomic mass is 9.67. The maximum absolute atomic E-state index is 11.7. The number of carboxylic acids is 2. The predicted octanol–water partition coefficient (Wildman–Crippen LogP) is 1.72. The third kappa shape index (κ3) is 2.72. The van der Waals surface area contributed by atoms with Crippen molar-refractivity contribution >= 4 is 17.7 Å². The van der Waals surface area contributed by atoms with Crippen LogP contribution in [0.4, 0.5) is 0 Å². The van der Waals surface area contributed by atoms with E-state index in [0.717, 1.165) is 0 Å². The van der Waals surface area contributed by atoms with Gasteiger partial charge in [0.2, 0.25) is 0 Å². The quantitative estimate of drug-likeness (QED) is 0.384. The van der Waals surface area contributed by atoms with Gasteiger partial charge in [0.25, 0.3) is 5.78 Å². The lowest BCUT2D eigenvalue weighted by Crippen LogP contribution is -2.48. The van der Waals surface area contributed by atoms with E-state index in [1.54, 1.807) is 13.8 Å². The van der Waals surface area contributed by atoms with Gasteiger partial charge in [-0.3, -0.25) is 9.59 Å². The Bertz CT molecular complexity index is 330. The first-order chi connectivity index (χ1) is 7.88.